The lowest BCUT2D eigenvalue weighted by Gasteiger charge is -2.33. The van der Waals surface area contributed by atoms with Gasteiger partial charge >= 0.3 is 0 Å². The van der Waals surface area contributed by atoms with Crippen LogP contribution < -0.4 is 5.32 Å². The molecule has 0 atom stereocenters. The predicted molar refractivity (Wildman–Crippen MR) is 49.8 cm³/mol. The summed E-state index contributed by atoms with van der Waals surface area (Å²) in [5, 5.41) is 3.04. The third-order valence-corrected chi connectivity index (χ3v) is 2.33. The molecule has 1 fully saturated rings. The van der Waals surface area contributed by atoms with E-state index in [0.29, 0.717) is 18.4 Å². The van der Waals surface area contributed by atoms with E-state index in [0.717, 1.165) is 5.92 Å². The highest BCUT2D eigenvalue weighted by Crippen LogP contribution is 2.26. The van der Waals surface area contributed by atoms with E-state index in [1.54, 1.807) is 0 Å². The van der Waals surface area contributed by atoms with Gasteiger partial charge in [-0.1, -0.05) is 20.8 Å². The molecule has 2 heteroatoms. The van der Waals surface area contributed by atoms with Gasteiger partial charge in [0.2, 0.25) is 5.91 Å². The maximum absolute atomic E-state index is 11.3. The molecular weight excluding hydrogens is 150 g/mol. The molecule has 0 heterocycles. The summed E-state index contributed by atoms with van der Waals surface area (Å²) < 4.78 is 0. The molecule has 0 aromatic carbocycles. The van der Waals surface area contributed by atoms with Gasteiger partial charge in [-0.15, -0.1) is 0 Å². The summed E-state index contributed by atoms with van der Waals surface area (Å²) in [7, 11) is 0. The summed E-state index contributed by atoms with van der Waals surface area (Å²) in [4.78, 5) is 11.3. The van der Waals surface area contributed by atoms with E-state index in [2.05, 4.69) is 26.1 Å². The number of nitrogens with one attached hydrogen (secondary N) is 1. The first kappa shape index (κ1) is 9.56. The molecule has 0 saturated heterocycles. The van der Waals surface area contributed by atoms with Gasteiger partial charge < -0.3 is 5.32 Å². The van der Waals surface area contributed by atoms with Crippen molar-refractivity contribution in [1.82, 2.24) is 5.32 Å². The van der Waals surface area contributed by atoms with Crippen molar-refractivity contribution < 1.29 is 4.79 Å². The molecule has 1 amide bonds. The lowest BCUT2D eigenvalue weighted by molar-refractivity contribution is -0.123. The second-order valence-corrected chi connectivity index (χ2v) is 4.44. The van der Waals surface area contributed by atoms with Crippen molar-refractivity contribution in [3.63, 3.8) is 0 Å². The first-order valence-corrected chi connectivity index (χ1v) is 4.87. The van der Waals surface area contributed by atoms with Crippen LogP contribution in [0.5, 0.6) is 0 Å². The number of rotatable bonds is 3. The Morgan fingerprint density at radius 2 is 2.08 bits per heavy atom. The molecule has 12 heavy (non-hydrogen) atoms. The van der Waals surface area contributed by atoms with Crippen molar-refractivity contribution >= 4 is 5.91 Å². The summed E-state index contributed by atoms with van der Waals surface area (Å²) in [5.41, 5.74) is 0. The summed E-state index contributed by atoms with van der Waals surface area (Å²) in [6, 6.07) is 0.478. The topological polar surface area (TPSA) is 29.1 Å². The fraction of sp³-hybridized carbons (Fsp3) is 0.900. The van der Waals surface area contributed by atoms with Crippen LogP contribution in [-0.4, -0.2) is 11.9 Å². The van der Waals surface area contributed by atoms with E-state index in [9.17, 15) is 4.79 Å². The predicted octanol–water partition coefficient (Wildman–Crippen LogP) is 1.95. The standard InChI is InChI=1S/C10H19NO/c1-7(2)4-10(12)11-9-5-8(3)6-9/h7-9H,4-6H2,1-3H3,(H,11,12)/t8-,9-. The van der Waals surface area contributed by atoms with Gasteiger partial charge in [-0.05, 0) is 24.7 Å². The molecule has 0 bridgehead atoms. The Morgan fingerprint density at radius 3 is 2.50 bits per heavy atom. The maximum atomic E-state index is 11.3. The van der Waals surface area contributed by atoms with E-state index in [1.807, 2.05) is 0 Å². The minimum atomic E-state index is 0.224. The Labute approximate surface area is 74.7 Å². The Morgan fingerprint density at radius 1 is 1.50 bits per heavy atom. The highest BCUT2D eigenvalue weighted by molar-refractivity contribution is 5.76. The number of amides is 1. The zero-order valence-corrected chi connectivity index (χ0v) is 8.26. The van der Waals surface area contributed by atoms with Crippen LogP contribution in [-0.2, 0) is 4.79 Å². The van der Waals surface area contributed by atoms with Gasteiger partial charge in [0, 0.05) is 12.5 Å². The van der Waals surface area contributed by atoms with Crippen LogP contribution >= 0.6 is 0 Å². The molecule has 1 saturated carbocycles. The Kier molecular flexibility index (Phi) is 3.12. The molecule has 1 aliphatic carbocycles. The summed E-state index contributed by atoms with van der Waals surface area (Å²) in [6.45, 7) is 6.37. The monoisotopic (exact) mass is 169 g/mol. The molecule has 70 valence electrons. The molecule has 1 aliphatic rings. The smallest absolute Gasteiger partial charge is 0.220 e. The second-order valence-electron chi connectivity index (χ2n) is 4.44. The van der Waals surface area contributed by atoms with Crippen molar-refractivity contribution in [3.8, 4) is 0 Å². The SMILES string of the molecule is CC(C)CC(=O)N[C@H]1C[C@H](C)C1. The average molecular weight is 169 g/mol. The van der Waals surface area contributed by atoms with Crippen molar-refractivity contribution in [2.24, 2.45) is 11.8 Å². The van der Waals surface area contributed by atoms with Crippen molar-refractivity contribution in [1.29, 1.82) is 0 Å². The van der Waals surface area contributed by atoms with Gasteiger partial charge in [0.1, 0.15) is 0 Å². The van der Waals surface area contributed by atoms with Crippen molar-refractivity contribution in [2.45, 2.75) is 46.1 Å². The van der Waals surface area contributed by atoms with E-state index < -0.39 is 0 Å². The molecule has 1 N–H and O–H groups in total. The quantitative estimate of drug-likeness (QED) is 0.687. The highest BCUT2D eigenvalue weighted by atomic mass is 16.1. The van der Waals surface area contributed by atoms with E-state index >= 15 is 0 Å². The van der Waals surface area contributed by atoms with Gasteiger partial charge in [-0.2, -0.15) is 0 Å². The van der Waals surface area contributed by atoms with Crippen LogP contribution in [0.1, 0.15) is 40.0 Å². The van der Waals surface area contributed by atoms with Crippen LogP contribution in [0.3, 0.4) is 0 Å². The molecular formula is C10H19NO. The molecule has 0 aromatic heterocycles. The number of carbonyl (C=O) groups is 1. The Balaban J connectivity index is 2.11. The van der Waals surface area contributed by atoms with E-state index in [1.165, 1.54) is 12.8 Å². The minimum absolute atomic E-state index is 0.224. The zero-order chi connectivity index (χ0) is 9.14. The summed E-state index contributed by atoms with van der Waals surface area (Å²) in [5.74, 6) is 1.51. The van der Waals surface area contributed by atoms with Gasteiger partial charge in [-0.3, -0.25) is 4.79 Å². The zero-order valence-electron chi connectivity index (χ0n) is 8.26. The first-order chi connectivity index (χ1) is 5.58. The molecule has 1 rings (SSSR count). The van der Waals surface area contributed by atoms with Gasteiger partial charge in [0.05, 0.1) is 0 Å². The molecule has 0 spiro atoms. The maximum Gasteiger partial charge on any atom is 0.220 e. The molecule has 2 nitrogen and oxygen atoms in total. The highest BCUT2D eigenvalue weighted by Gasteiger charge is 2.26. The third-order valence-electron chi connectivity index (χ3n) is 2.33. The van der Waals surface area contributed by atoms with Crippen molar-refractivity contribution in [3.05, 3.63) is 0 Å². The molecule has 0 aliphatic heterocycles. The number of hydrogen-bond donors (Lipinski definition) is 1. The van der Waals surface area contributed by atoms with Gasteiger partial charge in [-0.25, -0.2) is 0 Å². The first-order valence-electron chi connectivity index (χ1n) is 4.87. The largest absolute Gasteiger partial charge is 0.353 e. The van der Waals surface area contributed by atoms with Crippen LogP contribution in [0.2, 0.25) is 0 Å². The fourth-order valence-corrected chi connectivity index (χ4v) is 1.68. The lowest BCUT2D eigenvalue weighted by atomic mass is 9.82. The van der Waals surface area contributed by atoms with Gasteiger partial charge in [0.25, 0.3) is 0 Å². The lowest BCUT2D eigenvalue weighted by Crippen LogP contribution is -2.43. The minimum Gasteiger partial charge on any atom is -0.353 e. The van der Waals surface area contributed by atoms with Crippen molar-refractivity contribution in [2.75, 3.05) is 0 Å². The number of hydrogen-bond acceptors (Lipinski definition) is 1. The average Bonchev–Trinajstić information content (AvgIpc) is 1.82. The van der Waals surface area contributed by atoms with Crippen LogP contribution in [0, 0.1) is 11.8 Å². The Bertz CT molecular complexity index is 159. The van der Waals surface area contributed by atoms with Crippen LogP contribution in [0.4, 0.5) is 0 Å². The normalized spacial score (nSPS) is 28.3. The fourth-order valence-electron chi connectivity index (χ4n) is 1.68. The molecule has 0 radical (unpaired) electrons. The van der Waals surface area contributed by atoms with Crippen LogP contribution in [0.15, 0.2) is 0 Å². The summed E-state index contributed by atoms with van der Waals surface area (Å²) in [6.07, 6.45) is 3.01. The van der Waals surface area contributed by atoms with E-state index in [-0.39, 0.29) is 5.91 Å². The Hall–Kier alpha value is -0.530. The molecule has 0 unspecified atom stereocenters. The summed E-state index contributed by atoms with van der Waals surface area (Å²) >= 11 is 0. The van der Waals surface area contributed by atoms with Gasteiger partial charge in [0.15, 0.2) is 0 Å². The number of carbonyl (C=O) groups excluding carboxylic acids is 1. The third kappa shape index (κ3) is 2.84. The second kappa shape index (κ2) is 3.92. The van der Waals surface area contributed by atoms with Crippen LogP contribution in [0.25, 0.3) is 0 Å². The van der Waals surface area contributed by atoms with E-state index in [4.69, 9.17) is 0 Å². The molecule has 0 aromatic rings.